The third-order valence-corrected chi connectivity index (χ3v) is 3.39. The van der Waals surface area contributed by atoms with Gasteiger partial charge in [-0.1, -0.05) is 23.2 Å². The number of hydrogen-bond acceptors (Lipinski definition) is 3. The maximum absolute atomic E-state index is 6.02. The van der Waals surface area contributed by atoms with Crippen molar-refractivity contribution in [2.75, 3.05) is 5.32 Å². The van der Waals surface area contributed by atoms with E-state index in [1.807, 2.05) is 12.3 Å². The summed E-state index contributed by atoms with van der Waals surface area (Å²) in [6.45, 7) is 2.70. The minimum absolute atomic E-state index is 0.417. The molecule has 0 aliphatic carbocycles. The molecule has 0 atom stereocenters. The lowest BCUT2D eigenvalue weighted by molar-refractivity contribution is 1.14. The molecule has 0 amide bonds. The van der Waals surface area contributed by atoms with Crippen LogP contribution in [0.2, 0.25) is 10.3 Å². The quantitative estimate of drug-likeness (QED) is 0.840. The van der Waals surface area contributed by atoms with Crippen molar-refractivity contribution in [3.63, 3.8) is 0 Å². The van der Waals surface area contributed by atoms with Crippen molar-refractivity contribution in [3.05, 3.63) is 44.3 Å². The van der Waals surface area contributed by atoms with Crippen LogP contribution < -0.4 is 5.32 Å². The molecule has 0 bridgehead atoms. The van der Waals surface area contributed by atoms with Gasteiger partial charge in [-0.05, 0) is 40.9 Å². The lowest BCUT2D eigenvalue weighted by Gasteiger charge is -2.10. The molecule has 2 rings (SSSR count). The Labute approximate surface area is 108 Å². The first-order chi connectivity index (χ1) is 7.66. The fraction of sp³-hybridized carbons (Fsp3) is 0.182. The van der Waals surface area contributed by atoms with E-state index >= 15 is 0 Å². The molecular formula is C11H10Cl2N2S. The van der Waals surface area contributed by atoms with Gasteiger partial charge in [0, 0.05) is 6.54 Å². The van der Waals surface area contributed by atoms with Crippen LogP contribution in [0.3, 0.4) is 0 Å². The van der Waals surface area contributed by atoms with Crippen LogP contribution in [0.25, 0.3) is 0 Å². The maximum atomic E-state index is 6.02. The monoisotopic (exact) mass is 272 g/mol. The van der Waals surface area contributed by atoms with E-state index in [9.17, 15) is 0 Å². The first-order valence-electron chi connectivity index (χ1n) is 4.74. The van der Waals surface area contributed by atoms with Gasteiger partial charge >= 0.3 is 0 Å². The number of nitrogens with zero attached hydrogens (tertiary/aromatic N) is 1. The van der Waals surface area contributed by atoms with Gasteiger partial charge in [0.2, 0.25) is 0 Å². The Morgan fingerprint density at radius 2 is 2.25 bits per heavy atom. The number of pyridine rings is 1. The fourth-order valence-corrected chi connectivity index (χ4v) is 2.66. The second-order valence-corrected chi connectivity index (χ2v) is 4.94. The van der Waals surface area contributed by atoms with Crippen molar-refractivity contribution >= 4 is 40.2 Å². The highest BCUT2D eigenvalue weighted by Gasteiger charge is 2.07. The first-order valence-corrected chi connectivity index (χ1v) is 6.44. The van der Waals surface area contributed by atoms with Crippen molar-refractivity contribution in [1.29, 1.82) is 0 Å². The molecule has 0 aliphatic rings. The molecule has 84 valence electrons. The fourth-order valence-electron chi connectivity index (χ4n) is 1.39. The standard InChI is InChI=1S/C11H10Cl2N2S/c1-7-4-9(12)15-11(13)10(7)14-5-8-2-3-16-6-8/h2-4,6,14H,5H2,1H3. The van der Waals surface area contributed by atoms with Crippen LogP contribution in [-0.4, -0.2) is 4.98 Å². The van der Waals surface area contributed by atoms with Crippen molar-refractivity contribution in [3.8, 4) is 0 Å². The summed E-state index contributed by atoms with van der Waals surface area (Å²) >= 11 is 13.5. The van der Waals surface area contributed by atoms with Crippen LogP contribution in [0.4, 0.5) is 5.69 Å². The second-order valence-electron chi connectivity index (χ2n) is 3.41. The third-order valence-electron chi connectivity index (χ3n) is 2.19. The number of anilines is 1. The van der Waals surface area contributed by atoms with Crippen LogP contribution in [0.5, 0.6) is 0 Å². The predicted octanol–water partition coefficient (Wildman–Crippen LogP) is 4.37. The van der Waals surface area contributed by atoms with E-state index in [2.05, 4.69) is 21.7 Å². The minimum atomic E-state index is 0.417. The smallest absolute Gasteiger partial charge is 0.154 e. The predicted molar refractivity (Wildman–Crippen MR) is 70.6 cm³/mol. The van der Waals surface area contributed by atoms with Crippen molar-refractivity contribution < 1.29 is 0 Å². The number of nitrogens with one attached hydrogen (secondary N) is 1. The molecular weight excluding hydrogens is 263 g/mol. The summed E-state index contributed by atoms with van der Waals surface area (Å²) in [6.07, 6.45) is 0. The summed E-state index contributed by atoms with van der Waals surface area (Å²) in [7, 11) is 0. The Bertz CT molecular complexity index is 460. The third kappa shape index (κ3) is 2.67. The Balaban J connectivity index is 2.15. The average molecular weight is 273 g/mol. The normalized spacial score (nSPS) is 10.4. The molecule has 0 unspecified atom stereocenters. The lowest BCUT2D eigenvalue weighted by atomic mass is 10.2. The van der Waals surface area contributed by atoms with E-state index in [1.54, 1.807) is 17.4 Å². The average Bonchev–Trinajstić information content (AvgIpc) is 2.68. The van der Waals surface area contributed by atoms with E-state index in [-0.39, 0.29) is 0 Å². The molecule has 2 heterocycles. The zero-order valence-electron chi connectivity index (χ0n) is 8.63. The molecule has 0 saturated carbocycles. The van der Waals surface area contributed by atoms with Crippen LogP contribution in [0, 0.1) is 6.92 Å². The molecule has 0 fully saturated rings. The van der Waals surface area contributed by atoms with Gasteiger partial charge in [-0.25, -0.2) is 4.98 Å². The van der Waals surface area contributed by atoms with Gasteiger partial charge in [0.1, 0.15) is 5.15 Å². The number of hydrogen-bond donors (Lipinski definition) is 1. The highest BCUT2D eigenvalue weighted by molar-refractivity contribution is 7.07. The van der Waals surface area contributed by atoms with E-state index < -0.39 is 0 Å². The molecule has 16 heavy (non-hydrogen) atoms. The van der Waals surface area contributed by atoms with Gasteiger partial charge in [0.25, 0.3) is 0 Å². The zero-order valence-corrected chi connectivity index (χ0v) is 11.0. The zero-order chi connectivity index (χ0) is 11.5. The Hall–Kier alpha value is -0.770. The van der Waals surface area contributed by atoms with Gasteiger partial charge in [-0.2, -0.15) is 11.3 Å². The number of rotatable bonds is 3. The van der Waals surface area contributed by atoms with Gasteiger partial charge in [0.05, 0.1) is 5.69 Å². The molecule has 0 aromatic carbocycles. The molecule has 2 aromatic rings. The van der Waals surface area contributed by atoms with Gasteiger partial charge in [-0.15, -0.1) is 0 Å². The molecule has 2 aromatic heterocycles. The van der Waals surface area contributed by atoms with Crippen molar-refractivity contribution in [2.24, 2.45) is 0 Å². The second kappa shape index (κ2) is 5.04. The molecule has 5 heteroatoms. The molecule has 0 saturated heterocycles. The van der Waals surface area contributed by atoms with Crippen LogP contribution in [0.1, 0.15) is 11.1 Å². The SMILES string of the molecule is Cc1cc(Cl)nc(Cl)c1NCc1ccsc1. The Morgan fingerprint density at radius 3 is 2.88 bits per heavy atom. The van der Waals surface area contributed by atoms with E-state index in [1.165, 1.54) is 5.56 Å². The molecule has 0 aliphatic heterocycles. The van der Waals surface area contributed by atoms with Crippen molar-refractivity contribution in [2.45, 2.75) is 13.5 Å². The van der Waals surface area contributed by atoms with Crippen LogP contribution >= 0.6 is 34.5 Å². The number of thiophene rings is 1. The van der Waals surface area contributed by atoms with E-state index in [0.29, 0.717) is 10.3 Å². The maximum Gasteiger partial charge on any atom is 0.154 e. The summed E-state index contributed by atoms with van der Waals surface area (Å²) in [5.74, 6) is 0. The van der Waals surface area contributed by atoms with Gasteiger partial charge in [0.15, 0.2) is 5.15 Å². The summed E-state index contributed by atoms with van der Waals surface area (Å²) in [5.41, 5.74) is 3.08. The highest BCUT2D eigenvalue weighted by Crippen LogP contribution is 2.26. The Morgan fingerprint density at radius 1 is 1.44 bits per heavy atom. The number of aromatic nitrogens is 1. The lowest BCUT2D eigenvalue weighted by Crippen LogP contribution is -2.01. The van der Waals surface area contributed by atoms with Gasteiger partial charge < -0.3 is 5.32 Å². The number of aryl methyl sites for hydroxylation is 1. The van der Waals surface area contributed by atoms with Crippen LogP contribution in [0.15, 0.2) is 22.9 Å². The first kappa shape index (κ1) is 11.7. The molecule has 0 spiro atoms. The summed E-state index contributed by atoms with van der Waals surface area (Å²) in [4.78, 5) is 4.01. The Kier molecular flexibility index (Phi) is 3.69. The molecule has 2 nitrogen and oxygen atoms in total. The number of halogens is 2. The van der Waals surface area contributed by atoms with E-state index in [0.717, 1.165) is 17.8 Å². The van der Waals surface area contributed by atoms with Crippen molar-refractivity contribution in [1.82, 2.24) is 4.98 Å². The summed E-state index contributed by atoms with van der Waals surface area (Å²) < 4.78 is 0. The molecule has 0 radical (unpaired) electrons. The van der Waals surface area contributed by atoms with Crippen LogP contribution in [-0.2, 0) is 6.54 Å². The summed E-state index contributed by atoms with van der Waals surface area (Å²) in [5, 5.41) is 8.25. The summed E-state index contributed by atoms with van der Waals surface area (Å²) in [6, 6.07) is 3.87. The topological polar surface area (TPSA) is 24.9 Å². The largest absolute Gasteiger partial charge is 0.378 e. The van der Waals surface area contributed by atoms with E-state index in [4.69, 9.17) is 23.2 Å². The highest BCUT2D eigenvalue weighted by atomic mass is 35.5. The molecule has 1 N–H and O–H groups in total. The van der Waals surface area contributed by atoms with Gasteiger partial charge in [-0.3, -0.25) is 0 Å². The minimum Gasteiger partial charge on any atom is -0.378 e.